The van der Waals surface area contributed by atoms with E-state index in [9.17, 15) is 4.79 Å². The van der Waals surface area contributed by atoms with E-state index in [0.29, 0.717) is 29.6 Å². The van der Waals surface area contributed by atoms with E-state index in [4.69, 9.17) is 16.3 Å². The van der Waals surface area contributed by atoms with Crippen LogP contribution in [0, 0.1) is 0 Å². The second-order valence-corrected chi connectivity index (χ2v) is 4.68. The van der Waals surface area contributed by atoms with Crippen LogP contribution in [0.2, 0.25) is 5.02 Å². The molecule has 1 aromatic heterocycles. The number of hydrogen-bond donors (Lipinski definition) is 2. The Kier molecular flexibility index (Phi) is 5.40. The minimum atomic E-state index is -0.331. The predicted octanol–water partition coefficient (Wildman–Crippen LogP) is 3.46. The lowest BCUT2D eigenvalue weighted by Crippen LogP contribution is -2.28. The molecule has 5 nitrogen and oxygen atoms in total. The van der Waals surface area contributed by atoms with E-state index in [0.717, 1.165) is 5.56 Å². The summed E-state index contributed by atoms with van der Waals surface area (Å²) in [5.74, 6) is 0.582. The number of halogens is 1. The largest absolute Gasteiger partial charge is 0.492 e. The maximum absolute atomic E-state index is 11.9. The van der Waals surface area contributed by atoms with Crippen LogP contribution in [0.3, 0.4) is 0 Å². The van der Waals surface area contributed by atoms with Gasteiger partial charge in [0.05, 0.1) is 12.3 Å². The number of rotatable bonds is 5. The first-order chi connectivity index (χ1) is 10.2. The van der Waals surface area contributed by atoms with Crippen LogP contribution in [0.15, 0.2) is 42.7 Å². The molecule has 0 saturated carbocycles. The van der Waals surface area contributed by atoms with E-state index < -0.39 is 0 Å². The number of pyridine rings is 1. The molecule has 0 atom stereocenters. The van der Waals surface area contributed by atoms with Gasteiger partial charge in [-0.15, -0.1) is 0 Å². The number of ether oxygens (including phenoxy) is 1. The highest BCUT2D eigenvalue weighted by Crippen LogP contribution is 2.27. The van der Waals surface area contributed by atoms with Gasteiger partial charge in [0.2, 0.25) is 0 Å². The third-order valence-electron chi connectivity index (χ3n) is 2.67. The van der Waals surface area contributed by atoms with Crippen molar-refractivity contribution in [2.24, 2.45) is 0 Å². The number of nitrogens with one attached hydrogen (secondary N) is 2. The molecule has 0 aliphatic rings. The van der Waals surface area contributed by atoms with Crippen molar-refractivity contribution >= 4 is 23.3 Å². The van der Waals surface area contributed by atoms with Gasteiger partial charge in [-0.2, -0.15) is 0 Å². The van der Waals surface area contributed by atoms with Crippen LogP contribution >= 0.6 is 11.6 Å². The van der Waals surface area contributed by atoms with Crippen LogP contribution in [-0.2, 0) is 6.54 Å². The number of benzene rings is 1. The van der Waals surface area contributed by atoms with Gasteiger partial charge in [-0.3, -0.25) is 4.98 Å². The second-order valence-electron chi connectivity index (χ2n) is 4.24. The minimum Gasteiger partial charge on any atom is -0.492 e. The number of nitrogens with zero attached hydrogens (tertiary/aromatic N) is 1. The van der Waals surface area contributed by atoms with Gasteiger partial charge in [-0.05, 0) is 36.8 Å². The topological polar surface area (TPSA) is 63.2 Å². The molecule has 0 unspecified atom stereocenters. The molecule has 0 saturated heterocycles. The molecule has 0 radical (unpaired) electrons. The number of carbonyl (C=O) groups excluding carboxylic acids is 1. The lowest BCUT2D eigenvalue weighted by molar-refractivity contribution is 0.251. The monoisotopic (exact) mass is 305 g/mol. The summed E-state index contributed by atoms with van der Waals surface area (Å²) in [6.07, 6.45) is 3.38. The molecular weight excluding hydrogens is 290 g/mol. The average Bonchev–Trinajstić information content (AvgIpc) is 2.49. The van der Waals surface area contributed by atoms with Crippen molar-refractivity contribution in [2.45, 2.75) is 13.5 Å². The van der Waals surface area contributed by atoms with E-state index >= 15 is 0 Å². The van der Waals surface area contributed by atoms with Crippen LogP contribution in [0.5, 0.6) is 5.75 Å². The van der Waals surface area contributed by atoms with Crippen molar-refractivity contribution in [3.8, 4) is 5.75 Å². The van der Waals surface area contributed by atoms with Gasteiger partial charge >= 0.3 is 6.03 Å². The molecule has 2 aromatic rings. The standard InChI is InChI=1S/C15H16ClN3O2/c1-2-21-14-6-5-12(16)8-13(14)19-15(20)18-10-11-4-3-7-17-9-11/h3-9H,2,10H2,1H3,(H2,18,19,20). The Morgan fingerprint density at radius 2 is 2.24 bits per heavy atom. The van der Waals surface area contributed by atoms with Crippen molar-refractivity contribution < 1.29 is 9.53 Å². The van der Waals surface area contributed by atoms with Crippen LogP contribution in [0.25, 0.3) is 0 Å². The summed E-state index contributed by atoms with van der Waals surface area (Å²) >= 11 is 5.94. The molecule has 21 heavy (non-hydrogen) atoms. The first kappa shape index (κ1) is 15.1. The first-order valence-corrected chi connectivity index (χ1v) is 6.93. The Bertz CT molecular complexity index is 605. The normalized spacial score (nSPS) is 10.0. The molecule has 1 heterocycles. The zero-order valence-corrected chi connectivity index (χ0v) is 12.4. The highest BCUT2D eigenvalue weighted by atomic mass is 35.5. The van der Waals surface area contributed by atoms with Gasteiger partial charge in [-0.1, -0.05) is 17.7 Å². The van der Waals surface area contributed by atoms with Crippen LogP contribution < -0.4 is 15.4 Å². The maximum Gasteiger partial charge on any atom is 0.319 e. The van der Waals surface area contributed by atoms with E-state index in [1.165, 1.54) is 0 Å². The van der Waals surface area contributed by atoms with Crippen molar-refractivity contribution in [3.63, 3.8) is 0 Å². The third-order valence-corrected chi connectivity index (χ3v) is 2.90. The number of aromatic nitrogens is 1. The van der Waals surface area contributed by atoms with Gasteiger partial charge in [0.25, 0.3) is 0 Å². The Morgan fingerprint density at radius 1 is 1.38 bits per heavy atom. The summed E-state index contributed by atoms with van der Waals surface area (Å²) in [7, 11) is 0. The lowest BCUT2D eigenvalue weighted by Gasteiger charge is -2.12. The van der Waals surface area contributed by atoms with Crippen LogP contribution in [-0.4, -0.2) is 17.6 Å². The second kappa shape index (κ2) is 7.50. The summed E-state index contributed by atoms with van der Waals surface area (Å²) in [4.78, 5) is 15.9. The van der Waals surface area contributed by atoms with Crippen LogP contribution in [0.1, 0.15) is 12.5 Å². The lowest BCUT2D eigenvalue weighted by atomic mass is 10.3. The molecule has 110 valence electrons. The quantitative estimate of drug-likeness (QED) is 0.889. The third kappa shape index (κ3) is 4.65. The summed E-state index contributed by atoms with van der Waals surface area (Å²) in [5, 5.41) is 6.00. The van der Waals surface area contributed by atoms with Crippen molar-refractivity contribution in [1.29, 1.82) is 0 Å². The minimum absolute atomic E-state index is 0.331. The zero-order chi connectivity index (χ0) is 15.1. The molecule has 0 spiro atoms. The molecule has 2 N–H and O–H groups in total. The fraction of sp³-hybridized carbons (Fsp3) is 0.200. The van der Waals surface area contributed by atoms with Crippen LogP contribution in [0.4, 0.5) is 10.5 Å². The maximum atomic E-state index is 11.9. The van der Waals surface area contributed by atoms with Crippen molar-refractivity contribution in [2.75, 3.05) is 11.9 Å². The molecule has 0 aliphatic heterocycles. The van der Waals surface area contributed by atoms with E-state index in [-0.39, 0.29) is 6.03 Å². The number of amides is 2. The van der Waals surface area contributed by atoms with Gasteiger partial charge in [0.15, 0.2) is 0 Å². The van der Waals surface area contributed by atoms with Gasteiger partial charge < -0.3 is 15.4 Å². The summed E-state index contributed by atoms with van der Waals surface area (Å²) in [5.41, 5.74) is 1.46. The smallest absolute Gasteiger partial charge is 0.319 e. The Balaban J connectivity index is 1.97. The number of anilines is 1. The summed E-state index contributed by atoms with van der Waals surface area (Å²) in [6.45, 7) is 2.78. The first-order valence-electron chi connectivity index (χ1n) is 6.55. The van der Waals surface area contributed by atoms with Gasteiger partial charge in [0, 0.05) is 24.0 Å². The fourth-order valence-electron chi connectivity index (χ4n) is 1.73. The number of hydrogen-bond acceptors (Lipinski definition) is 3. The van der Waals surface area contributed by atoms with E-state index in [1.54, 1.807) is 30.6 Å². The predicted molar refractivity (Wildman–Crippen MR) is 82.7 cm³/mol. The zero-order valence-electron chi connectivity index (χ0n) is 11.6. The molecule has 2 rings (SSSR count). The Morgan fingerprint density at radius 3 is 2.95 bits per heavy atom. The molecule has 2 amide bonds. The SMILES string of the molecule is CCOc1ccc(Cl)cc1NC(=O)NCc1cccnc1. The highest BCUT2D eigenvalue weighted by molar-refractivity contribution is 6.31. The molecule has 6 heteroatoms. The molecule has 0 fully saturated rings. The van der Waals surface area contributed by atoms with Gasteiger partial charge in [-0.25, -0.2) is 4.79 Å². The van der Waals surface area contributed by atoms with Crippen molar-refractivity contribution in [3.05, 3.63) is 53.3 Å². The summed E-state index contributed by atoms with van der Waals surface area (Å²) < 4.78 is 5.44. The highest BCUT2D eigenvalue weighted by Gasteiger charge is 2.08. The van der Waals surface area contributed by atoms with E-state index in [1.807, 2.05) is 19.1 Å². The number of urea groups is 1. The van der Waals surface area contributed by atoms with Gasteiger partial charge in [0.1, 0.15) is 5.75 Å². The Labute approximate surface area is 128 Å². The Hall–Kier alpha value is -2.27. The van der Waals surface area contributed by atoms with E-state index in [2.05, 4.69) is 15.6 Å². The number of carbonyl (C=O) groups is 1. The molecule has 0 aliphatic carbocycles. The average molecular weight is 306 g/mol. The fourth-order valence-corrected chi connectivity index (χ4v) is 1.90. The molecular formula is C15H16ClN3O2. The molecule has 1 aromatic carbocycles. The molecule has 0 bridgehead atoms. The van der Waals surface area contributed by atoms with Crippen molar-refractivity contribution in [1.82, 2.24) is 10.3 Å². The summed E-state index contributed by atoms with van der Waals surface area (Å²) in [6, 6.07) is 8.46.